The molecule has 0 amide bonds. The molecule has 9 heteroatoms. The molecule has 0 aliphatic carbocycles. The summed E-state index contributed by atoms with van der Waals surface area (Å²) in [4.78, 5) is 23.5. The van der Waals surface area contributed by atoms with Crippen LogP contribution in [-0.4, -0.2) is 38.1 Å². The van der Waals surface area contributed by atoms with Crippen LogP contribution in [-0.2, 0) is 19.6 Å². The Morgan fingerprint density at radius 1 is 1.04 bits per heavy atom. The van der Waals surface area contributed by atoms with Crippen LogP contribution in [0.1, 0.15) is 62.7 Å². The van der Waals surface area contributed by atoms with Crippen molar-refractivity contribution in [3.8, 4) is 0 Å². The normalized spacial score (nSPS) is 13.2. The molecule has 0 saturated heterocycles. The van der Waals surface area contributed by atoms with E-state index in [0.29, 0.717) is 0 Å². The third-order valence-corrected chi connectivity index (χ3v) is 5.00. The van der Waals surface area contributed by atoms with Gasteiger partial charge in [-0.15, -0.1) is 0 Å². The first-order valence-corrected chi connectivity index (χ1v) is 9.99. The van der Waals surface area contributed by atoms with E-state index in [0.717, 1.165) is 25.0 Å². The van der Waals surface area contributed by atoms with Crippen LogP contribution in [0.5, 0.6) is 0 Å². The van der Waals surface area contributed by atoms with Crippen molar-refractivity contribution >= 4 is 22.1 Å². The quantitative estimate of drug-likeness (QED) is 0.358. The summed E-state index contributed by atoms with van der Waals surface area (Å²) in [6.45, 7) is 7.99. The predicted octanol–water partition coefficient (Wildman–Crippen LogP) is 0.456. The average Bonchev–Trinajstić information content (AvgIpc) is 2.62. The van der Waals surface area contributed by atoms with Crippen LogP contribution in [0.3, 0.4) is 0 Å². The monoisotopic (exact) mass is 410 g/mol. The maximum atomic E-state index is 12.2. The molecule has 2 unspecified atom stereocenters. The predicted molar refractivity (Wildman–Crippen MR) is 96.8 cm³/mol. The van der Waals surface area contributed by atoms with Gasteiger partial charge < -0.3 is 10.9 Å². The summed E-state index contributed by atoms with van der Waals surface area (Å²) in [5.41, 5.74) is -0.395. The molecule has 0 radical (unpaired) electrons. The fraction of sp³-hybridized carbons (Fsp3) is 0.556. The summed E-state index contributed by atoms with van der Waals surface area (Å²) in [7, 11) is -4.72. The van der Waals surface area contributed by atoms with Crippen molar-refractivity contribution in [2.75, 3.05) is 13.2 Å². The summed E-state index contributed by atoms with van der Waals surface area (Å²) in [6, 6.07) is 3.34. The van der Waals surface area contributed by atoms with Crippen LogP contribution in [0.15, 0.2) is 23.1 Å². The first kappa shape index (κ1) is 26.1. The fourth-order valence-electron chi connectivity index (χ4n) is 1.86. The molecule has 1 N–H and O–H groups in total. The van der Waals surface area contributed by atoms with Crippen molar-refractivity contribution in [2.45, 2.75) is 45.4 Å². The van der Waals surface area contributed by atoms with E-state index < -0.39 is 27.0 Å². The molecular weight excluding hydrogens is 383 g/mol. The minimum Gasteiger partial charge on any atom is -1.00 e. The van der Waals surface area contributed by atoms with E-state index in [2.05, 4.69) is 0 Å². The van der Waals surface area contributed by atoms with E-state index in [9.17, 15) is 22.6 Å². The topological polar surface area (TPSA) is 107 Å². The number of rotatable bonds is 9. The Morgan fingerprint density at radius 2 is 1.52 bits per heavy atom. The third-order valence-electron chi connectivity index (χ3n) is 4.11. The van der Waals surface area contributed by atoms with Crippen LogP contribution < -0.4 is 29.6 Å². The first-order valence-electron chi connectivity index (χ1n) is 8.55. The van der Waals surface area contributed by atoms with Gasteiger partial charge in [0, 0.05) is 0 Å². The Bertz CT molecular complexity index is 752. The summed E-state index contributed by atoms with van der Waals surface area (Å²) in [5, 5.41) is 0. The summed E-state index contributed by atoms with van der Waals surface area (Å²) in [6.07, 6.45) is 1.61. The van der Waals surface area contributed by atoms with Crippen molar-refractivity contribution in [3.63, 3.8) is 0 Å². The van der Waals surface area contributed by atoms with Crippen molar-refractivity contribution in [1.29, 1.82) is 0 Å². The second-order valence-electron chi connectivity index (χ2n) is 6.41. The maximum absolute atomic E-state index is 12.2. The number of carbonyl (C=O) groups is 2. The van der Waals surface area contributed by atoms with Gasteiger partial charge in [-0.05, 0) is 30.0 Å². The van der Waals surface area contributed by atoms with E-state index in [1.54, 1.807) is 0 Å². The van der Waals surface area contributed by atoms with E-state index in [4.69, 9.17) is 9.47 Å². The van der Waals surface area contributed by atoms with Crippen LogP contribution >= 0.6 is 0 Å². The van der Waals surface area contributed by atoms with Gasteiger partial charge in [-0.1, -0.05) is 40.5 Å². The second kappa shape index (κ2) is 11.8. The number of hydrogen-bond acceptors (Lipinski definition) is 6. The number of hydrogen-bond donors (Lipinski definition) is 1. The van der Waals surface area contributed by atoms with Gasteiger partial charge in [-0.3, -0.25) is 4.55 Å². The second-order valence-corrected chi connectivity index (χ2v) is 7.80. The molecule has 0 spiro atoms. The minimum absolute atomic E-state index is 0. The summed E-state index contributed by atoms with van der Waals surface area (Å²) < 4.78 is 42.9. The Hall–Kier alpha value is -0.930. The van der Waals surface area contributed by atoms with Gasteiger partial charge >= 0.3 is 41.5 Å². The Kier molecular flexibility index (Phi) is 11.4. The van der Waals surface area contributed by atoms with Gasteiger partial charge in [-0.2, -0.15) is 8.42 Å². The van der Waals surface area contributed by atoms with Gasteiger partial charge in [0.2, 0.25) is 0 Å². The van der Waals surface area contributed by atoms with Crippen LogP contribution in [0.25, 0.3) is 0 Å². The average molecular weight is 410 g/mol. The maximum Gasteiger partial charge on any atom is 1.00 e. The zero-order valence-electron chi connectivity index (χ0n) is 17.5. The van der Waals surface area contributed by atoms with Gasteiger partial charge in [0.15, 0.2) is 0 Å². The van der Waals surface area contributed by atoms with Gasteiger partial charge in [0.25, 0.3) is 10.1 Å². The van der Waals surface area contributed by atoms with Crippen LogP contribution in [0, 0.1) is 11.8 Å². The number of benzene rings is 1. The zero-order valence-corrected chi connectivity index (χ0v) is 19.3. The standard InChI is InChI=1S/C18H26O7S.Na.H/c1-5-12(3)10-24-17(19)14-7-8-15(16(9-14)26(21,22)23)18(20)25-11-13(4)6-2;;/h7-9,12-13H,5-6,10-11H2,1-4H3,(H,21,22,23);;/q;+1;-1. The van der Waals surface area contributed by atoms with Crippen molar-refractivity contribution < 1.29 is 63.0 Å². The fourth-order valence-corrected chi connectivity index (χ4v) is 2.57. The Labute approximate surface area is 184 Å². The van der Waals surface area contributed by atoms with E-state index in [1.807, 2.05) is 27.7 Å². The van der Waals surface area contributed by atoms with Crippen molar-refractivity contribution in [3.05, 3.63) is 29.3 Å². The SMILES string of the molecule is CCC(C)COC(=O)c1ccc(C(=O)OCC(C)CC)c(S(=O)(=O)O)c1.[H-].[Na+]. The molecule has 0 bridgehead atoms. The molecule has 1 aromatic rings. The molecule has 0 heterocycles. The minimum atomic E-state index is -4.72. The number of carbonyl (C=O) groups excluding carboxylic acids is 2. The van der Waals surface area contributed by atoms with Gasteiger partial charge in [-0.25, -0.2) is 9.59 Å². The van der Waals surface area contributed by atoms with Crippen molar-refractivity contribution in [1.82, 2.24) is 0 Å². The molecule has 1 aromatic carbocycles. The number of esters is 2. The molecule has 0 aliphatic heterocycles. The molecule has 1 rings (SSSR count). The number of ether oxygens (including phenoxy) is 2. The summed E-state index contributed by atoms with van der Waals surface area (Å²) in [5.74, 6) is -1.33. The van der Waals surface area contributed by atoms with Gasteiger partial charge in [0.1, 0.15) is 4.90 Å². The molecule has 148 valence electrons. The molecule has 0 aliphatic rings. The van der Waals surface area contributed by atoms with E-state index in [1.165, 1.54) is 6.07 Å². The van der Waals surface area contributed by atoms with Crippen molar-refractivity contribution in [2.24, 2.45) is 11.8 Å². The molecule has 7 nitrogen and oxygen atoms in total. The third kappa shape index (κ3) is 8.31. The first-order chi connectivity index (χ1) is 12.1. The van der Waals surface area contributed by atoms with Gasteiger partial charge in [0.05, 0.1) is 24.3 Å². The van der Waals surface area contributed by atoms with Crippen LogP contribution in [0.2, 0.25) is 0 Å². The molecule has 0 aromatic heterocycles. The molecule has 2 atom stereocenters. The Morgan fingerprint density at radius 3 is 1.96 bits per heavy atom. The van der Waals surface area contributed by atoms with E-state index in [-0.39, 0.29) is 67.2 Å². The zero-order chi connectivity index (χ0) is 19.9. The molecule has 0 saturated carbocycles. The van der Waals surface area contributed by atoms with Crippen LogP contribution in [0.4, 0.5) is 0 Å². The summed E-state index contributed by atoms with van der Waals surface area (Å²) >= 11 is 0. The van der Waals surface area contributed by atoms with E-state index >= 15 is 0 Å². The smallest absolute Gasteiger partial charge is 1.00 e. The largest absolute Gasteiger partial charge is 1.00 e. The molecule has 27 heavy (non-hydrogen) atoms. The molecular formula is C18H27NaO7S. The molecule has 0 fully saturated rings. The Balaban J connectivity index is 0.